The van der Waals surface area contributed by atoms with Crippen molar-refractivity contribution in [3.8, 4) is 5.69 Å². The third-order valence-electron chi connectivity index (χ3n) is 4.44. The molecule has 1 aliphatic carbocycles. The standard InChI is InChI=1S/C16H16N6O2/c1-16(4-5-16)21-9-8-20(14(23)15(21)24)11-12-2-3-13(10-17-12)22-7-6-18-19-22/h2-3,6-10H,4-5,11H2,1H3. The van der Waals surface area contributed by atoms with Crippen LogP contribution in [-0.4, -0.2) is 29.1 Å². The van der Waals surface area contributed by atoms with Crippen molar-refractivity contribution in [1.29, 1.82) is 0 Å². The Bertz CT molecular complexity index is 981. The minimum Gasteiger partial charge on any atom is -0.304 e. The molecule has 0 atom stereocenters. The molecule has 0 saturated heterocycles. The quantitative estimate of drug-likeness (QED) is 0.654. The maximum absolute atomic E-state index is 12.3. The van der Waals surface area contributed by atoms with E-state index in [-0.39, 0.29) is 12.1 Å². The van der Waals surface area contributed by atoms with Crippen LogP contribution in [0.15, 0.2) is 52.7 Å². The van der Waals surface area contributed by atoms with Gasteiger partial charge in [0.05, 0.1) is 36.5 Å². The Morgan fingerprint density at radius 3 is 2.58 bits per heavy atom. The summed E-state index contributed by atoms with van der Waals surface area (Å²) in [5.74, 6) is 0. The molecule has 122 valence electrons. The van der Waals surface area contributed by atoms with Gasteiger partial charge in [-0.1, -0.05) is 5.21 Å². The Morgan fingerprint density at radius 1 is 1.12 bits per heavy atom. The van der Waals surface area contributed by atoms with Crippen molar-refractivity contribution in [2.45, 2.75) is 31.8 Å². The largest absolute Gasteiger partial charge is 0.316 e. The zero-order valence-electron chi connectivity index (χ0n) is 13.2. The van der Waals surface area contributed by atoms with Gasteiger partial charge in [-0.3, -0.25) is 14.6 Å². The van der Waals surface area contributed by atoms with E-state index in [1.54, 1.807) is 46.3 Å². The van der Waals surface area contributed by atoms with E-state index in [1.165, 1.54) is 4.57 Å². The lowest BCUT2D eigenvalue weighted by atomic mass is 10.3. The van der Waals surface area contributed by atoms with Crippen molar-refractivity contribution >= 4 is 0 Å². The monoisotopic (exact) mass is 324 g/mol. The molecule has 3 aromatic rings. The summed E-state index contributed by atoms with van der Waals surface area (Å²) in [5, 5.41) is 7.64. The maximum Gasteiger partial charge on any atom is 0.316 e. The second kappa shape index (κ2) is 5.26. The van der Waals surface area contributed by atoms with Gasteiger partial charge in [0, 0.05) is 17.9 Å². The highest BCUT2D eigenvalue weighted by atomic mass is 16.2. The normalized spacial score (nSPS) is 15.4. The number of rotatable bonds is 4. The summed E-state index contributed by atoms with van der Waals surface area (Å²) < 4.78 is 4.54. The first-order valence-corrected chi connectivity index (χ1v) is 7.71. The fourth-order valence-electron chi connectivity index (χ4n) is 2.65. The molecular formula is C16H16N6O2. The Hall–Kier alpha value is -3.03. The highest BCUT2D eigenvalue weighted by Crippen LogP contribution is 2.41. The molecule has 24 heavy (non-hydrogen) atoms. The van der Waals surface area contributed by atoms with Crippen LogP contribution in [0.5, 0.6) is 0 Å². The molecule has 0 N–H and O–H groups in total. The molecule has 1 fully saturated rings. The molecule has 0 aromatic carbocycles. The second-order valence-electron chi connectivity index (χ2n) is 6.26. The summed E-state index contributed by atoms with van der Waals surface area (Å²) in [6, 6.07) is 3.64. The van der Waals surface area contributed by atoms with Crippen LogP contribution in [0.4, 0.5) is 0 Å². The van der Waals surface area contributed by atoms with Gasteiger partial charge < -0.3 is 9.13 Å². The van der Waals surface area contributed by atoms with Crippen LogP contribution >= 0.6 is 0 Å². The van der Waals surface area contributed by atoms with Gasteiger partial charge in [0.15, 0.2) is 0 Å². The average molecular weight is 324 g/mol. The lowest BCUT2D eigenvalue weighted by Crippen LogP contribution is -2.43. The minimum absolute atomic E-state index is 0.187. The average Bonchev–Trinajstić information content (AvgIpc) is 3.11. The molecule has 1 saturated carbocycles. The van der Waals surface area contributed by atoms with E-state index in [9.17, 15) is 9.59 Å². The van der Waals surface area contributed by atoms with Gasteiger partial charge in [0.2, 0.25) is 0 Å². The van der Waals surface area contributed by atoms with Crippen LogP contribution in [-0.2, 0) is 12.1 Å². The molecule has 0 amide bonds. The topological polar surface area (TPSA) is 87.6 Å². The highest BCUT2D eigenvalue weighted by Gasteiger charge is 2.40. The Labute approximate surface area is 137 Å². The van der Waals surface area contributed by atoms with Crippen LogP contribution < -0.4 is 11.1 Å². The summed E-state index contributed by atoms with van der Waals surface area (Å²) in [5.41, 5.74) is 0.286. The number of nitrogens with zero attached hydrogens (tertiary/aromatic N) is 6. The summed E-state index contributed by atoms with van der Waals surface area (Å²) in [4.78, 5) is 28.9. The van der Waals surface area contributed by atoms with Crippen LogP contribution in [0.2, 0.25) is 0 Å². The predicted octanol–water partition coefficient (Wildman–Crippen LogP) is 0.543. The predicted molar refractivity (Wildman–Crippen MR) is 86.1 cm³/mol. The lowest BCUT2D eigenvalue weighted by Gasteiger charge is -2.13. The van der Waals surface area contributed by atoms with E-state index < -0.39 is 11.1 Å². The third-order valence-corrected chi connectivity index (χ3v) is 4.44. The van der Waals surface area contributed by atoms with Gasteiger partial charge in [-0.25, -0.2) is 4.68 Å². The molecule has 3 aromatic heterocycles. The molecule has 0 unspecified atom stereocenters. The number of hydrogen-bond acceptors (Lipinski definition) is 5. The minimum atomic E-state index is -0.521. The van der Waals surface area contributed by atoms with Crippen LogP contribution in [0.3, 0.4) is 0 Å². The van der Waals surface area contributed by atoms with E-state index in [0.29, 0.717) is 5.69 Å². The summed E-state index contributed by atoms with van der Waals surface area (Å²) >= 11 is 0. The molecule has 0 bridgehead atoms. The van der Waals surface area contributed by atoms with Gasteiger partial charge in [-0.2, -0.15) is 0 Å². The van der Waals surface area contributed by atoms with Crippen LogP contribution in [0.25, 0.3) is 5.69 Å². The van der Waals surface area contributed by atoms with Gasteiger partial charge in [0.1, 0.15) is 0 Å². The van der Waals surface area contributed by atoms with E-state index in [4.69, 9.17) is 0 Å². The lowest BCUT2D eigenvalue weighted by molar-refractivity contribution is 0.495. The molecule has 3 heterocycles. The first-order valence-electron chi connectivity index (χ1n) is 7.71. The zero-order chi connectivity index (χ0) is 16.7. The second-order valence-corrected chi connectivity index (χ2v) is 6.26. The highest BCUT2D eigenvalue weighted by molar-refractivity contribution is 5.27. The van der Waals surface area contributed by atoms with Crippen molar-refractivity contribution in [3.63, 3.8) is 0 Å². The Morgan fingerprint density at radius 2 is 1.96 bits per heavy atom. The summed E-state index contributed by atoms with van der Waals surface area (Å²) in [6.07, 6.45) is 10.2. The van der Waals surface area contributed by atoms with Crippen molar-refractivity contribution in [2.75, 3.05) is 0 Å². The third kappa shape index (κ3) is 2.45. The first-order chi connectivity index (χ1) is 11.6. The Kier molecular flexibility index (Phi) is 3.19. The van der Waals surface area contributed by atoms with Crippen molar-refractivity contribution < 1.29 is 0 Å². The smallest absolute Gasteiger partial charge is 0.304 e. The number of hydrogen-bond donors (Lipinski definition) is 0. The van der Waals surface area contributed by atoms with Gasteiger partial charge >= 0.3 is 11.1 Å². The van der Waals surface area contributed by atoms with Crippen molar-refractivity contribution in [3.05, 3.63) is 69.5 Å². The van der Waals surface area contributed by atoms with E-state index in [1.807, 2.05) is 13.0 Å². The fourth-order valence-corrected chi connectivity index (χ4v) is 2.65. The maximum atomic E-state index is 12.3. The molecule has 0 radical (unpaired) electrons. The van der Waals surface area contributed by atoms with E-state index in [2.05, 4.69) is 15.3 Å². The Balaban J connectivity index is 1.61. The van der Waals surface area contributed by atoms with Crippen LogP contribution in [0, 0.1) is 0 Å². The van der Waals surface area contributed by atoms with Crippen molar-refractivity contribution in [1.82, 2.24) is 29.1 Å². The fraction of sp³-hybridized carbons (Fsp3) is 0.312. The summed E-state index contributed by atoms with van der Waals surface area (Å²) in [7, 11) is 0. The molecule has 4 rings (SSSR count). The van der Waals surface area contributed by atoms with Gasteiger partial charge in [-0.15, -0.1) is 5.10 Å². The number of pyridine rings is 1. The SMILES string of the molecule is CC1(n2ccn(Cc3ccc(-n4ccnn4)cn3)c(=O)c2=O)CC1. The number of aromatic nitrogens is 6. The molecule has 0 aliphatic heterocycles. The van der Waals surface area contributed by atoms with Gasteiger partial charge in [0.25, 0.3) is 0 Å². The zero-order valence-corrected chi connectivity index (χ0v) is 13.2. The van der Waals surface area contributed by atoms with E-state index in [0.717, 1.165) is 18.5 Å². The van der Waals surface area contributed by atoms with Gasteiger partial charge in [-0.05, 0) is 31.9 Å². The van der Waals surface area contributed by atoms with Crippen molar-refractivity contribution in [2.24, 2.45) is 0 Å². The van der Waals surface area contributed by atoms with Crippen LogP contribution in [0.1, 0.15) is 25.5 Å². The molecular weight excluding hydrogens is 308 g/mol. The molecule has 8 nitrogen and oxygen atoms in total. The first kappa shape index (κ1) is 14.6. The molecule has 0 spiro atoms. The molecule has 8 heteroatoms. The molecule has 1 aliphatic rings. The van der Waals surface area contributed by atoms with E-state index >= 15 is 0 Å². The summed E-state index contributed by atoms with van der Waals surface area (Å²) in [6.45, 7) is 2.24.